The molecule has 0 fully saturated rings. The second kappa shape index (κ2) is 11.5. The zero-order chi connectivity index (χ0) is 26.4. The molecule has 3 aromatic carbocycles. The third-order valence-corrected chi connectivity index (χ3v) is 7.20. The Morgan fingerprint density at radius 3 is 2.27 bits per heavy atom. The molecule has 6 nitrogen and oxygen atoms in total. The number of thioether (sulfide) groups is 1. The number of rotatable bonds is 8. The number of benzene rings is 3. The molecule has 0 aliphatic heterocycles. The van der Waals surface area contributed by atoms with E-state index in [9.17, 15) is 14.9 Å². The highest BCUT2D eigenvalue weighted by Gasteiger charge is 2.23. The van der Waals surface area contributed by atoms with Crippen molar-refractivity contribution in [2.75, 3.05) is 5.32 Å². The second-order valence-electron chi connectivity index (χ2n) is 8.47. The lowest BCUT2D eigenvalue weighted by Crippen LogP contribution is -2.25. The Labute approximate surface area is 220 Å². The molecule has 0 bridgehead atoms. The van der Waals surface area contributed by atoms with Crippen LogP contribution in [-0.4, -0.2) is 27.2 Å². The molecule has 37 heavy (non-hydrogen) atoms. The van der Waals surface area contributed by atoms with Gasteiger partial charge in [-0.1, -0.05) is 78.8 Å². The summed E-state index contributed by atoms with van der Waals surface area (Å²) in [6.45, 7) is 3.91. The molecular formula is C30H25N3O3S. The number of aromatic carboxylic acids is 1. The molecule has 1 amide bonds. The van der Waals surface area contributed by atoms with Crippen molar-refractivity contribution in [3.63, 3.8) is 0 Å². The smallest absolute Gasteiger partial charge is 0.335 e. The second-order valence-corrected chi connectivity index (χ2v) is 9.66. The van der Waals surface area contributed by atoms with E-state index >= 15 is 0 Å². The van der Waals surface area contributed by atoms with Crippen molar-refractivity contribution in [1.29, 1.82) is 5.26 Å². The summed E-state index contributed by atoms with van der Waals surface area (Å²) in [5.41, 5.74) is 5.48. The van der Waals surface area contributed by atoms with Crippen LogP contribution < -0.4 is 5.32 Å². The van der Waals surface area contributed by atoms with Crippen molar-refractivity contribution >= 4 is 29.3 Å². The van der Waals surface area contributed by atoms with Crippen LogP contribution >= 0.6 is 11.8 Å². The van der Waals surface area contributed by atoms with Crippen molar-refractivity contribution in [3.05, 3.63) is 102 Å². The summed E-state index contributed by atoms with van der Waals surface area (Å²) in [6, 6.07) is 28.0. The number of aromatic nitrogens is 1. The molecule has 0 radical (unpaired) electrons. The third kappa shape index (κ3) is 6.05. The van der Waals surface area contributed by atoms with E-state index in [1.807, 2.05) is 74.5 Å². The first-order valence-electron chi connectivity index (χ1n) is 11.8. The summed E-state index contributed by atoms with van der Waals surface area (Å²) in [7, 11) is 0. The minimum atomic E-state index is -1.03. The van der Waals surface area contributed by atoms with Crippen LogP contribution in [0.3, 0.4) is 0 Å². The van der Waals surface area contributed by atoms with Gasteiger partial charge < -0.3 is 10.4 Å². The molecule has 1 heterocycles. The van der Waals surface area contributed by atoms with Crippen LogP contribution in [0.4, 0.5) is 5.69 Å². The van der Waals surface area contributed by atoms with E-state index < -0.39 is 11.2 Å². The van der Waals surface area contributed by atoms with E-state index in [0.29, 0.717) is 22.7 Å². The lowest BCUT2D eigenvalue weighted by atomic mass is 9.98. The zero-order valence-electron chi connectivity index (χ0n) is 20.4. The Morgan fingerprint density at radius 1 is 1.00 bits per heavy atom. The number of nitrogens with zero attached hydrogens (tertiary/aromatic N) is 2. The highest BCUT2D eigenvalue weighted by Crippen LogP contribution is 2.36. The molecule has 2 N–H and O–H groups in total. The molecule has 1 atom stereocenters. The van der Waals surface area contributed by atoms with Gasteiger partial charge in [-0.3, -0.25) is 4.79 Å². The number of amides is 1. The first-order valence-corrected chi connectivity index (χ1v) is 12.7. The number of carbonyl (C=O) groups is 2. The molecular weight excluding hydrogens is 482 g/mol. The molecule has 7 heteroatoms. The van der Waals surface area contributed by atoms with Crippen LogP contribution in [0, 0.1) is 18.3 Å². The number of pyridine rings is 1. The van der Waals surface area contributed by atoms with Gasteiger partial charge in [-0.05, 0) is 49.2 Å². The van der Waals surface area contributed by atoms with E-state index in [4.69, 9.17) is 10.1 Å². The number of nitriles is 1. The summed E-state index contributed by atoms with van der Waals surface area (Å²) in [5.74, 6) is -1.28. The molecule has 0 aliphatic rings. The van der Waals surface area contributed by atoms with Gasteiger partial charge in [0.2, 0.25) is 5.91 Å². The molecule has 184 valence electrons. The predicted octanol–water partition coefficient (Wildman–Crippen LogP) is 6.80. The van der Waals surface area contributed by atoms with Crippen LogP contribution in [0.1, 0.15) is 34.8 Å². The van der Waals surface area contributed by atoms with E-state index in [1.54, 1.807) is 12.1 Å². The quantitative estimate of drug-likeness (QED) is 0.254. The number of carboxylic acid groups (broad SMARTS) is 1. The predicted molar refractivity (Wildman–Crippen MR) is 147 cm³/mol. The van der Waals surface area contributed by atoms with Gasteiger partial charge in [-0.25, -0.2) is 9.78 Å². The van der Waals surface area contributed by atoms with Gasteiger partial charge in [-0.2, -0.15) is 5.26 Å². The number of hydrogen-bond acceptors (Lipinski definition) is 5. The number of carbonyl (C=O) groups excluding carboxylic acids is 1. The number of hydrogen-bond donors (Lipinski definition) is 2. The molecule has 0 spiro atoms. The number of carboxylic acids is 1. The van der Waals surface area contributed by atoms with Gasteiger partial charge in [0.15, 0.2) is 0 Å². The average Bonchev–Trinajstić information content (AvgIpc) is 2.92. The Hall–Kier alpha value is -4.41. The van der Waals surface area contributed by atoms with Gasteiger partial charge in [-0.15, -0.1) is 0 Å². The van der Waals surface area contributed by atoms with Gasteiger partial charge in [0.05, 0.1) is 22.1 Å². The fourth-order valence-electron chi connectivity index (χ4n) is 3.81. The Morgan fingerprint density at radius 2 is 1.68 bits per heavy atom. The third-order valence-electron chi connectivity index (χ3n) is 5.85. The maximum absolute atomic E-state index is 13.2. The Balaban J connectivity index is 1.71. The highest BCUT2D eigenvalue weighted by molar-refractivity contribution is 8.00. The topological polar surface area (TPSA) is 103 Å². The van der Waals surface area contributed by atoms with Gasteiger partial charge in [0.1, 0.15) is 11.1 Å². The van der Waals surface area contributed by atoms with Crippen molar-refractivity contribution in [1.82, 2.24) is 4.98 Å². The maximum Gasteiger partial charge on any atom is 0.335 e. The van der Waals surface area contributed by atoms with Crippen LogP contribution in [0.25, 0.3) is 22.4 Å². The molecule has 0 saturated heterocycles. The van der Waals surface area contributed by atoms with Crippen LogP contribution in [0.15, 0.2) is 90.0 Å². The summed E-state index contributed by atoms with van der Waals surface area (Å²) in [6.07, 6.45) is 0.506. The standard InChI is InChI=1S/C30H25N3O3S/c1-3-27(28(34)32-23-15-13-22(14-16-23)30(35)36)37-29-25(18-31)24(20-11-9-19(2)10-12-20)17-26(33-29)21-7-5-4-6-8-21/h4-17,27H,3H2,1-2H3,(H,32,34)(H,35,36). The van der Waals surface area contributed by atoms with Gasteiger partial charge in [0, 0.05) is 16.8 Å². The monoisotopic (exact) mass is 507 g/mol. The average molecular weight is 508 g/mol. The number of anilines is 1. The van der Waals surface area contributed by atoms with Gasteiger partial charge >= 0.3 is 5.97 Å². The first-order chi connectivity index (χ1) is 17.9. The fraction of sp³-hybridized carbons (Fsp3) is 0.133. The Bertz CT molecular complexity index is 1460. The minimum Gasteiger partial charge on any atom is -0.478 e. The van der Waals surface area contributed by atoms with Crippen molar-refractivity contribution < 1.29 is 14.7 Å². The van der Waals surface area contributed by atoms with Crippen LogP contribution in [0.5, 0.6) is 0 Å². The van der Waals surface area contributed by atoms with Gasteiger partial charge in [0.25, 0.3) is 0 Å². The SMILES string of the molecule is CCC(Sc1nc(-c2ccccc2)cc(-c2ccc(C)cc2)c1C#N)C(=O)Nc1ccc(C(=O)O)cc1. The Kier molecular flexibility index (Phi) is 8.02. The first kappa shape index (κ1) is 25.7. The fourth-order valence-corrected chi connectivity index (χ4v) is 4.84. The zero-order valence-corrected chi connectivity index (χ0v) is 21.3. The number of nitrogens with one attached hydrogen (secondary N) is 1. The summed E-state index contributed by atoms with van der Waals surface area (Å²) in [5, 5.41) is 22.1. The molecule has 4 rings (SSSR count). The summed E-state index contributed by atoms with van der Waals surface area (Å²) < 4.78 is 0. The minimum absolute atomic E-state index is 0.142. The summed E-state index contributed by atoms with van der Waals surface area (Å²) in [4.78, 5) is 29.1. The van der Waals surface area contributed by atoms with Crippen molar-refractivity contribution in [2.45, 2.75) is 30.5 Å². The van der Waals surface area contributed by atoms with Crippen LogP contribution in [-0.2, 0) is 4.79 Å². The normalized spacial score (nSPS) is 11.4. The van der Waals surface area contributed by atoms with E-state index in [-0.39, 0.29) is 11.5 Å². The molecule has 0 saturated carbocycles. The van der Waals surface area contributed by atoms with Crippen molar-refractivity contribution in [2.24, 2.45) is 0 Å². The van der Waals surface area contributed by atoms with Crippen molar-refractivity contribution in [3.8, 4) is 28.5 Å². The molecule has 4 aromatic rings. The van der Waals surface area contributed by atoms with E-state index in [2.05, 4.69) is 11.4 Å². The number of aryl methyl sites for hydroxylation is 1. The molecule has 1 unspecified atom stereocenters. The largest absolute Gasteiger partial charge is 0.478 e. The van der Waals surface area contributed by atoms with E-state index in [0.717, 1.165) is 27.9 Å². The lowest BCUT2D eigenvalue weighted by molar-refractivity contribution is -0.115. The summed E-state index contributed by atoms with van der Waals surface area (Å²) >= 11 is 1.26. The molecule has 1 aromatic heterocycles. The lowest BCUT2D eigenvalue weighted by Gasteiger charge is -2.17. The molecule has 0 aliphatic carbocycles. The maximum atomic E-state index is 13.2. The van der Waals surface area contributed by atoms with E-state index in [1.165, 1.54) is 23.9 Å². The highest BCUT2D eigenvalue weighted by atomic mass is 32.2. The van der Waals surface area contributed by atoms with Crippen LogP contribution in [0.2, 0.25) is 0 Å².